The summed E-state index contributed by atoms with van der Waals surface area (Å²) in [6, 6.07) is 0. The summed E-state index contributed by atoms with van der Waals surface area (Å²) in [6.45, 7) is 3.86. The summed E-state index contributed by atoms with van der Waals surface area (Å²) in [6.07, 6.45) is 0.274. The Morgan fingerprint density at radius 2 is 2.06 bits per heavy atom. The number of imide groups is 1. The van der Waals surface area contributed by atoms with Crippen LogP contribution in [0, 0.1) is 0 Å². The maximum atomic E-state index is 11.3. The summed E-state index contributed by atoms with van der Waals surface area (Å²) in [5, 5.41) is 5.17. The van der Waals surface area contributed by atoms with Gasteiger partial charge in [0, 0.05) is 0 Å². The third-order valence-electron chi connectivity index (χ3n) is 1.90. The van der Waals surface area contributed by atoms with Gasteiger partial charge in [0.2, 0.25) is 5.91 Å². The number of hydrogen-bond acceptors (Lipinski definition) is 5. The summed E-state index contributed by atoms with van der Waals surface area (Å²) in [7, 11) is 3.72. The molecule has 16 heavy (non-hydrogen) atoms. The van der Waals surface area contributed by atoms with Crippen LogP contribution in [-0.2, 0) is 9.53 Å². The first-order valence-corrected chi connectivity index (χ1v) is 5.39. The molecule has 0 aromatic carbocycles. The normalized spacial score (nSPS) is 10.2. The monoisotopic (exact) mass is 231 g/mol. The topological polar surface area (TPSA) is 70.7 Å². The van der Waals surface area contributed by atoms with E-state index in [-0.39, 0.29) is 19.1 Å². The van der Waals surface area contributed by atoms with Gasteiger partial charge in [0.1, 0.15) is 0 Å². The van der Waals surface area contributed by atoms with Crippen molar-refractivity contribution in [1.82, 2.24) is 15.5 Å². The molecular weight excluding hydrogens is 210 g/mol. The third kappa shape index (κ3) is 8.19. The van der Waals surface area contributed by atoms with E-state index in [2.05, 4.69) is 15.4 Å². The Balaban J connectivity index is 3.65. The number of nitrogens with one attached hydrogen (secondary N) is 2. The van der Waals surface area contributed by atoms with Crippen LogP contribution in [0.4, 0.5) is 4.79 Å². The van der Waals surface area contributed by atoms with Gasteiger partial charge in [-0.25, -0.2) is 4.79 Å². The second-order valence-corrected chi connectivity index (χ2v) is 3.46. The van der Waals surface area contributed by atoms with Crippen LogP contribution in [0.2, 0.25) is 0 Å². The fourth-order valence-corrected chi connectivity index (χ4v) is 1.17. The van der Waals surface area contributed by atoms with Crippen molar-refractivity contribution < 1.29 is 14.3 Å². The zero-order valence-electron chi connectivity index (χ0n) is 10.2. The van der Waals surface area contributed by atoms with E-state index >= 15 is 0 Å². The molecule has 0 aromatic heterocycles. The van der Waals surface area contributed by atoms with Crippen LogP contribution in [0.25, 0.3) is 0 Å². The maximum absolute atomic E-state index is 11.3. The molecule has 0 aliphatic heterocycles. The molecule has 0 rings (SSSR count). The van der Waals surface area contributed by atoms with Crippen molar-refractivity contribution in [3.8, 4) is 0 Å². The largest absolute Gasteiger partial charge is 0.450 e. The Labute approximate surface area is 96.3 Å². The highest BCUT2D eigenvalue weighted by Gasteiger charge is 2.10. The molecule has 6 heteroatoms. The van der Waals surface area contributed by atoms with E-state index < -0.39 is 6.09 Å². The zero-order valence-corrected chi connectivity index (χ0v) is 10.2. The Morgan fingerprint density at radius 3 is 2.62 bits per heavy atom. The second kappa shape index (κ2) is 9.11. The first-order valence-electron chi connectivity index (χ1n) is 5.39. The van der Waals surface area contributed by atoms with Crippen LogP contribution in [-0.4, -0.2) is 57.2 Å². The van der Waals surface area contributed by atoms with Gasteiger partial charge in [-0.3, -0.25) is 15.0 Å². The first kappa shape index (κ1) is 14.9. The predicted molar refractivity (Wildman–Crippen MR) is 61.2 cm³/mol. The standard InChI is InChI=1S/C10H21N3O3/c1-4-16-10(15)12-9(14)8-13(3)7-5-6-11-2/h11H,4-8H2,1-3H3,(H,12,14,15). The second-order valence-electron chi connectivity index (χ2n) is 3.46. The molecular formula is C10H21N3O3. The van der Waals surface area contributed by atoms with Crippen molar-refractivity contribution in [1.29, 1.82) is 0 Å². The fourth-order valence-electron chi connectivity index (χ4n) is 1.17. The Hall–Kier alpha value is -1.14. The molecule has 0 atom stereocenters. The summed E-state index contributed by atoms with van der Waals surface area (Å²) in [4.78, 5) is 24.1. The van der Waals surface area contributed by atoms with Gasteiger partial charge < -0.3 is 10.1 Å². The number of nitrogens with zero attached hydrogens (tertiary/aromatic N) is 1. The van der Waals surface area contributed by atoms with Crippen molar-refractivity contribution >= 4 is 12.0 Å². The highest BCUT2D eigenvalue weighted by Crippen LogP contribution is 1.86. The lowest BCUT2D eigenvalue weighted by molar-refractivity contribution is -0.121. The van der Waals surface area contributed by atoms with Crippen molar-refractivity contribution in [2.45, 2.75) is 13.3 Å². The number of rotatable bonds is 7. The van der Waals surface area contributed by atoms with Gasteiger partial charge in [-0.15, -0.1) is 0 Å². The fraction of sp³-hybridized carbons (Fsp3) is 0.800. The molecule has 0 aliphatic carbocycles. The molecule has 0 aromatic rings. The van der Waals surface area contributed by atoms with Crippen molar-refractivity contribution in [3.05, 3.63) is 0 Å². The van der Waals surface area contributed by atoms with E-state index in [1.165, 1.54) is 0 Å². The Kier molecular flexibility index (Phi) is 8.46. The van der Waals surface area contributed by atoms with E-state index in [1.807, 2.05) is 19.0 Å². The Bertz CT molecular complexity index is 221. The number of carbonyl (C=O) groups excluding carboxylic acids is 2. The van der Waals surface area contributed by atoms with Gasteiger partial charge in [-0.05, 0) is 40.5 Å². The number of hydrogen-bond donors (Lipinski definition) is 2. The summed E-state index contributed by atoms with van der Waals surface area (Å²) >= 11 is 0. The van der Waals surface area contributed by atoms with Gasteiger partial charge in [0.25, 0.3) is 0 Å². The van der Waals surface area contributed by atoms with Gasteiger partial charge in [0.15, 0.2) is 0 Å². The number of carbonyl (C=O) groups is 2. The van der Waals surface area contributed by atoms with E-state index in [0.717, 1.165) is 19.5 Å². The molecule has 0 unspecified atom stereocenters. The highest BCUT2D eigenvalue weighted by molar-refractivity contribution is 5.92. The van der Waals surface area contributed by atoms with Gasteiger partial charge >= 0.3 is 6.09 Å². The minimum absolute atomic E-state index is 0.197. The molecule has 0 saturated carbocycles. The number of ether oxygens (including phenoxy) is 1. The minimum atomic E-state index is -0.684. The van der Waals surface area contributed by atoms with Crippen molar-refractivity contribution in [3.63, 3.8) is 0 Å². The van der Waals surface area contributed by atoms with Crippen LogP contribution in [0.3, 0.4) is 0 Å². The van der Waals surface area contributed by atoms with Crippen molar-refractivity contribution in [2.75, 3.05) is 40.3 Å². The Morgan fingerprint density at radius 1 is 1.38 bits per heavy atom. The van der Waals surface area contributed by atoms with Crippen LogP contribution in [0.5, 0.6) is 0 Å². The van der Waals surface area contributed by atoms with E-state index in [1.54, 1.807) is 6.92 Å². The molecule has 2 N–H and O–H groups in total. The van der Waals surface area contributed by atoms with E-state index in [9.17, 15) is 9.59 Å². The van der Waals surface area contributed by atoms with Crippen LogP contribution in [0.15, 0.2) is 0 Å². The summed E-state index contributed by atoms with van der Waals surface area (Å²) in [5.74, 6) is -0.342. The highest BCUT2D eigenvalue weighted by atomic mass is 16.5. The molecule has 6 nitrogen and oxygen atoms in total. The summed E-state index contributed by atoms with van der Waals surface area (Å²) in [5.41, 5.74) is 0. The minimum Gasteiger partial charge on any atom is -0.450 e. The van der Waals surface area contributed by atoms with Gasteiger partial charge in [-0.1, -0.05) is 0 Å². The maximum Gasteiger partial charge on any atom is 0.413 e. The third-order valence-corrected chi connectivity index (χ3v) is 1.90. The van der Waals surface area contributed by atoms with Gasteiger partial charge in [-0.2, -0.15) is 0 Å². The number of amides is 2. The summed E-state index contributed by atoms with van der Waals surface area (Å²) < 4.78 is 4.59. The lowest BCUT2D eigenvalue weighted by Gasteiger charge is -2.15. The van der Waals surface area contributed by atoms with E-state index in [0.29, 0.717) is 0 Å². The zero-order chi connectivity index (χ0) is 12.4. The van der Waals surface area contributed by atoms with Crippen LogP contribution in [0.1, 0.15) is 13.3 Å². The molecule has 0 fully saturated rings. The number of likely N-dealkylation sites (N-methyl/N-ethyl adjacent to an activating group) is 1. The van der Waals surface area contributed by atoms with Crippen LogP contribution >= 0.6 is 0 Å². The molecule has 0 radical (unpaired) electrons. The first-order chi connectivity index (χ1) is 7.60. The SMILES string of the molecule is CCOC(=O)NC(=O)CN(C)CCCNC. The lowest BCUT2D eigenvalue weighted by Crippen LogP contribution is -2.39. The average molecular weight is 231 g/mol. The average Bonchev–Trinajstić information content (AvgIpc) is 2.17. The molecule has 0 heterocycles. The number of alkyl carbamates (subject to hydrolysis) is 1. The quantitative estimate of drug-likeness (QED) is 0.594. The smallest absolute Gasteiger partial charge is 0.413 e. The van der Waals surface area contributed by atoms with E-state index in [4.69, 9.17) is 0 Å². The predicted octanol–water partition coefficient (Wildman–Crippen LogP) is -0.200. The lowest BCUT2D eigenvalue weighted by atomic mass is 10.4. The van der Waals surface area contributed by atoms with Crippen LogP contribution < -0.4 is 10.6 Å². The molecule has 0 aliphatic rings. The molecule has 0 bridgehead atoms. The van der Waals surface area contributed by atoms with Gasteiger partial charge in [0.05, 0.1) is 13.2 Å². The molecule has 0 saturated heterocycles. The molecule has 0 spiro atoms. The molecule has 94 valence electrons. The van der Waals surface area contributed by atoms with Crippen molar-refractivity contribution in [2.24, 2.45) is 0 Å². The molecule has 2 amide bonds.